The summed E-state index contributed by atoms with van der Waals surface area (Å²) >= 11 is 1.38. The summed E-state index contributed by atoms with van der Waals surface area (Å²) in [6.07, 6.45) is 1.55. The van der Waals surface area contributed by atoms with Crippen LogP contribution >= 0.6 is 11.8 Å². The van der Waals surface area contributed by atoms with Gasteiger partial charge in [0.1, 0.15) is 6.54 Å². The normalized spacial score (nSPS) is 15.0. The van der Waals surface area contributed by atoms with Gasteiger partial charge in [0.2, 0.25) is 11.8 Å². The molecule has 0 aliphatic carbocycles. The summed E-state index contributed by atoms with van der Waals surface area (Å²) in [4.78, 5) is 34.2. The van der Waals surface area contributed by atoms with E-state index in [0.29, 0.717) is 5.75 Å². The topological polar surface area (TPSA) is 78.5 Å². The molecule has 3 amide bonds. The number of hydrazine groups is 1. The van der Waals surface area contributed by atoms with Gasteiger partial charge in [-0.05, 0) is 5.41 Å². The Morgan fingerprint density at radius 3 is 2.87 bits per heavy atom. The molecule has 0 bridgehead atoms. The standard InChI is InChI=1S/C8H11N3O3S/c1-6(12)9-10-7(13)4-11-2-3-15-5-8(11)14/h2-3H,4-5H2,1H3,(H,9,12)(H,10,13). The number of nitrogens with zero attached hydrogens (tertiary/aromatic N) is 1. The highest BCUT2D eigenvalue weighted by Crippen LogP contribution is 2.11. The third kappa shape index (κ3) is 4.03. The van der Waals surface area contributed by atoms with E-state index < -0.39 is 5.91 Å². The monoisotopic (exact) mass is 229 g/mol. The summed E-state index contributed by atoms with van der Waals surface area (Å²) in [5, 5.41) is 1.74. The van der Waals surface area contributed by atoms with E-state index in [-0.39, 0.29) is 18.4 Å². The summed E-state index contributed by atoms with van der Waals surface area (Å²) in [5.74, 6) is -0.584. The fourth-order valence-corrected chi connectivity index (χ4v) is 1.53. The molecule has 0 aromatic heterocycles. The van der Waals surface area contributed by atoms with Crippen LogP contribution in [0, 0.1) is 0 Å². The van der Waals surface area contributed by atoms with Crippen molar-refractivity contribution in [1.29, 1.82) is 0 Å². The zero-order valence-electron chi connectivity index (χ0n) is 8.15. The zero-order valence-corrected chi connectivity index (χ0v) is 8.97. The Morgan fingerprint density at radius 2 is 2.27 bits per heavy atom. The van der Waals surface area contributed by atoms with E-state index in [1.54, 1.807) is 11.6 Å². The minimum absolute atomic E-state index is 0.0871. The highest BCUT2D eigenvalue weighted by Gasteiger charge is 2.17. The van der Waals surface area contributed by atoms with Gasteiger partial charge in [0.25, 0.3) is 5.91 Å². The van der Waals surface area contributed by atoms with E-state index in [1.165, 1.54) is 23.6 Å². The molecule has 0 aromatic carbocycles. The largest absolute Gasteiger partial charge is 0.308 e. The maximum Gasteiger partial charge on any atom is 0.258 e. The number of hydrogen-bond donors (Lipinski definition) is 2. The molecule has 0 saturated heterocycles. The SMILES string of the molecule is CC(=O)NNC(=O)CN1C=CSCC1=O. The second-order valence-corrected chi connectivity index (χ2v) is 3.74. The van der Waals surface area contributed by atoms with E-state index >= 15 is 0 Å². The van der Waals surface area contributed by atoms with Crippen LogP contribution in [0.3, 0.4) is 0 Å². The molecule has 2 N–H and O–H groups in total. The molecule has 0 fully saturated rings. The predicted octanol–water partition coefficient (Wildman–Crippen LogP) is -0.800. The molecule has 6 nitrogen and oxygen atoms in total. The van der Waals surface area contributed by atoms with Gasteiger partial charge in [-0.25, -0.2) is 0 Å². The second kappa shape index (κ2) is 5.40. The summed E-state index contributed by atoms with van der Waals surface area (Å²) < 4.78 is 0. The first-order valence-electron chi connectivity index (χ1n) is 4.23. The van der Waals surface area contributed by atoms with Crippen molar-refractivity contribution in [3.05, 3.63) is 11.6 Å². The minimum atomic E-state index is -0.435. The number of nitrogens with one attached hydrogen (secondary N) is 2. The zero-order chi connectivity index (χ0) is 11.3. The van der Waals surface area contributed by atoms with Crippen LogP contribution < -0.4 is 10.9 Å². The molecular formula is C8H11N3O3S. The Bertz CT molecular complexity index is 316. The van der Waals surface area contributed by atoms with Gasteiger partial charge in [0.15, 0.2) is 0 Å². The van der Waals surface area contributed by atoms with Crippen LogP contribution in [-0.4, -0.2) is 34.9 Å². The molecule has 82 valence electrons. The number of rotatable bonds is 2. The van der Waals surface area contributed by atoms with Crippen molar-refractivity contribution in [3.8, 4) is 0 Å². The minimum Gasteiger partial charge on any atom is -0.308 e. The summed E-state index contributed by atoms with van der Waals surface area (Å²) in [7, 11) is 0. The Hall–Kier alpha value is -1.50. The van der Waals surface area contributed by atoms with Gasteiger partial charge in [-0.3, -0.25) is 25.2 Å². The van der Waals surface area contributed by atoms with Gasteiger partial charge in [0.05, 0.1) is 5.75 Å². The first kappa shape index (κ1) is 11.6. The Balaban J connectivity index is 2.36. The van der Waals surface area contributed by atoms with E-state index in [1.807, 2.05) is 0 Å². The van der Waals surface area contributed by atoms with E-state index in [4.69, 9.17) is 0 Å². The van der Waals surface area contributed by atoms with Gasteiger partial charge in [-0.1, -0.05) is 0 Å². The first-order chi connectivity index (χ1) is 7.09. The second-order valence-electron chi connectivity index (χ2n) is 2.85. The Morgan fingerprint density at radius 1 is 1.53 bits per heavy atom. The third-order valence-corrected chi connectivity index (χ3v) is 2.28. The number of hydrogen-bond acceptors (Lipinski definition) is 4. The van der Waals surface area contributed by atoms with Gasteiger partial charge in [-0.2, -0.15) is 0 Å². The molecule has 0 atom stereocenters. The van der Waals surface area contributed by atoms with Crippen molar-refractivity contribution in [2.45, 2.75) is 6.92 Å². The van der Waals surface area contributed by atoms with E-state index in [2.05, 4.69) is 10.9 Å². The third-order valence-electron chi connectivity index (χ3n) is 1.56. The maximum absolute atomic E-state index is 11.3. The molecule has 1 rings (SSSR count). The van der Waals surface area contributed by atoms with Crippen molar-refractivity contribution < 1.29 is 14.4 Å². The van der Waals surface area contributed by atoms with Crippen LogP contribution in [0.1, 0.15) is 6.92 Å². The lowest BCUT2D eigenvalue weighted by Crippen LogP contribution is -2.46. The van der Waals surface area contributed by atoms with Crippen LogP contribution in [-0.2, 0) is 14.4 Å². The van der Waals surface area contributed by atoms with Crippen molar-refractivity contribution in [3.63, 3.8) is 0 Å². The van der Waals surface area contributed by atoms with Crippen molar-refractivity contribution in [2.75, 3.05) is 12.3 Å². The molecule has 0 saturated carbocycles. The number of carbonyl (C=O) groups is 3. The van der Waals surface area contributed by atoms with Gasteiger partial charge < -0.3 is 4.90 Å². The molecule has 0 radical (unpaired) electrons. The Kier molecular flexibility index (Phi) is 4.17. The molecular weight excluding hydrogens is 218 g/mol. The fourth-order valence-electron chi connectivity index (χ4n) is 0.895. The summed E-state index contributed by atoms with van der Waals surface area (Å²) in [6.45, 7) is 1.19. The molecule has 1 aliphatic rings. The van der Waals surface area contributed by atoms with Gasteiger partial charge >= 0.3 is 0 Å². The van der Waals surface area contributed by atoms with Crippen LogP contribution in [0.25, 0.3) is 0 Å². The lowest BCUT2D eigenvalue weighted by molar-refractivity contribution is -0.133. The lowest BCUT2D eigenvalue weighted by Gasteiger charge is -2.20. The van der Waals surface area contributed by atoms with Crippen LogP contribution in [0.15, 0.2) is 11.6 Å². The van der Waals surface area contributed by atoms with Crippen molar-refractivity contribution in [2.24, 2.45) is 0 Å². The van der Waals surface area contributed by atoms with Crippen LogP contribution in [0.2, 0.25) is 0 Å². The molecule has 15 heavy (non-hydrogen) atoms. The molecule has 0 unspecified atom stereocenters. The average molecular weight is 229 g/mol. The molecule has 0 aromatic rings. The smallest absolute Gasteiger partial charge is 0.258 e. The first-order valence-corrected chi connectivity index (χ1v) is 5.27. The molecule has 1 heterocycles. The van der Waals surface area contributed by atoms with Gasteiger partial charge in [0, 0.05) is 13.1 Å². The number of amides is 3. The lowest BCUT2D eigenvalue weighted by atomic mass is 10.5. The van der Waals surface area contributed by atoms with Crippen molar-refractivity contribution >= 4 is 29.5 Å². The van der Waals surface area contributed by atoms with Crippen molar-refractivity contribution in [1.82, 2.24) is 15.8 Å². The summed E-state index contributed by atoms with van der Waals surface area (Å²) in [6, 6.07) is 0. The fraction of sp³-hybridized carbons (Fsp3) is 0.375. The average Bonchev–Trinajstić information content (AvgIpc) is 2.18. The Labute approximate surface area is 91.0 Å². The molecule has 7 heteroatoms. The van der Waals surface area contributed by atoms with Gasteiger partial charge in [-0.15, -0.1) is 11.8 Å². The van der Waals surface area contributed by atoms with Crippen LogP contribution in [0.5, 0.6) is 0 Å². The molecule has 1 aliphatic heterocycles. The highest BCUT2D eigenvalue weighted by atomic mass is 32.2. The predicted molar refractivity (Wildman–Crippen MR) is 55.3 cm³/mol. The molecule has 0 spiro atoms. The maximum atomic E-state index is 11.3. The summed E-state index contributed by atoms with van der Waals surface area (Å²) in [5.41, 5.74) is 4.32. The number of thioether (sulfide) groups is 1. The van der Waals surface area contributed by atoms with E-state index in [9.17, 15) is 14.4 Å². The quantitative estimate of drug-likeness (QED) is 0.608. The highest BCUT2D eigenvalue weighted by molar-refractivity contribution is 8.02. The van der Waals surface area contributed by atoms with Crippen LogP contribution in [0.4, 0.5) is 0 Å². The number of carbonyl (C=O) groups excluding carboxylic acids is 3. The van der Waals surface area contributed by atoms with E-state index in [0.717, 1.165) is 0 Å².